The molecule has 2 heterocycles. The van der Waals surface area contributed by atoms with Crippen molar-refractivity contribution in [1.82, 2.24) is 15.0 Å². The molecule has 0 atom stereocenters. The molecule has 0 amide bonds. The molecule has 11 aromatic rings. The first-order valence-electron chi connectivity index (χ1n) is 19.2. The molecule has 11 rings (SSSR count). The minimum Gasteiger partial charge on any atom is -0.456 e. The van der Waals surface area contributed by atoms with Crippen molar-refractivity contribution in [2.45, 2.75) is 0 Å². The lowest BCUT2D eigenvalue weighted by Gasteiger charge is -2.11. The lowest BCUT2D eigenvalue weighted by Crippen LogP contribution is -2.00. The number of rotatable bonds is 6. The number of hydrogen-bond donors (Lipinski definition) is 0. The number of fused-ring (bicyclic) bond motifs is 5. The quantitative estimate of drug-likeness (QED) is 0.171. The van der Waals surface area contributed by atoms with Crippen LogP contribution in [0.3, 0.4) is 0 Å². The van der Waals surface area contributed by atoms with Crippen LogP contribution < -0.4 is 0 Å². The maximum atomic E-state index is 6.36. The summed E-state index contributed by atoms with van der Waals surface area (Å²) in [7, 11) is 0. The van der Waals surface area contributed by atoms with Gasteiger partial charge < -0.3 is 4.42 Å². The Hall–Kier alpha value is -7.69. The fourth-order valence-corrected chi connectivity index (χ4v) is 7.93. The Kier molecular flexibility index (Phi) is 7.78. The fraction of sp³-hybridized carbons (Fsp3) is 0. The van der Waals surface area contributed by atoms with Crippen LogP contribution in [0, 0.1) is 0 Å². The van der Waals surface area contributed by atoms with Crippen LogP contribution in [0.25, 0.3) is 111 Å². The van der Waals surface area contributed by atoms with Crippen LogP contribution in [0.5, 0.6) is 0 Å². The van der Waals surface area contributed by atoms with Crippen molar-refractivity contribution in [3.05, 3.63) is 200 Å². The zero-order chi connectivity index (χ0) is 37.7. The molecule has 9 aromatic carbocycles. The number of hydrogen-bond acceptors (Lipinski definition) is 4. The van der Waals surface area contributed by atoms with E-state index in [1.807, 2.05) is 6.07 Å². The fourth-order valence-electron chi connectivity index (χ4n) is 7.93. The average Bonchev–Trinajstić information content (AvgIpc) is 3.66. The maximum absolute atomic E-state index is 6.36. The van der Waals surface area contributed by atoms with Gasteiger partial charge in [0, 0.05) is 27.5 Å². The molecular weight excluding hydrogens is 695 g/mol. The second-order valence-corrected chi connectivity index (χ2v) is 14.4. The number of furan rings is 1. The van der Waals surface area contributed by atoms with Gasteiger partial charge in [0.15, 0.2) is 17.5 Å². The summed E-state index contributed by atoms with van der Waals surface area (Å²) in [6.07, 6.45) is 0. The van der Waals surface area contributed by atoms with E-state index >= 15 is 0 Å². The molecule has 0 saturated heterocycles. The molecule has 266 valence electrons. The minimum absolute atomic E-state index is 0.620. The molecule has 0 radical (unpaired) electrons. The highest BCUT2D eigenvalue weighted by molar-refractivity contribution is 6.07. The zero-order valence-corrected chi connectivity index (χ0v) is 30.8. The number of benzene rings is 9. The van der Waals surface area contributed by atoms with Gasteiger partial charge in [-0.05, 0) is 85.3 Å². The molecule has 0 N–H and O–H groups in total. The summed E-state index contributed by atoms with van der Waals surface area (Å²) in [4.78, 5) is 15.3. The van der Waals surface area contributed by atoms with E-state index < -0.39 is 0 Å². The number of nitrogens with zero attached hydrogens (tertiary/aromatic N) is 3. The van der Waals surface area contributed by atoms with Gasteiger partial charge in [0.1, 0.15) is 11.2 Å². The van der Waals surface area contributed by atoms with Crippen molar-refractivity contribution in [2.24, 2.45) is 0 Å². The molecule has 4 heteroatoms. The smallest absolute Gasteiger partial charge is 0.164 e. The molecule has 0 aliphatic rings. The monoisotopic (exact) mass is 727 g/mol. The predicted molar refractivity (Wildman–Crippen MR) is 235 cm³/mol. The normalized spacial score (nSPS) is 11.5. The molecule has 0 aliphatic heterocycles. The Morgan fingerprint density at radius 2 is 0.789 bits per heavy atom. The Morgan fingerprint density at radius 3 is 1.54 bits per heavy atom. The van der Waals surface area contributed by atoms with Gasteiger partial charge in [-0.15, -0.1) is 0 Å². The lowest BCUT2D eigenvalue weighted by atomic mass is 10.00. The van der Waals surface area contributed by atoms with E-state index in [-0.39, 0.29) is 0 Å². The van der Waals surface area contributed by atoms with E-state index in [2.05, 4.69) is 194 Å². The van der Waals surface area contributed by atoms with E-state index in [1.165, 1.54) is 27.5 Å². The first kappa shape index (κ1) is 32.7. The third kappa shape index (κ3) is 6.01. The predicted octanol–water partition coefficient (Wildman–Crippen LogP) is 14.1. The van der Waals surface area contributed by atoms with Gasteiger partial charge >= 0.3 is 0 Å². The van der Waals surface area contributed by atoms with Gasteiger partial charge in [-0.25, -0.2) is 15.0 Å². The molecule has 0 saturated carbocycles. The van der Waals surface area contributed by atoms with Crippen LogP contribution in [0.2, 0.25) is 0 Å². The summed E-state index contributed by atoms with van der Waals surface area (Å²) in [5.41, 5.74) is 11.4. The van der Waals surface area contributed by atoms with Crippen molar-refractivity contribution in [1.29, 1.82) is 0 Å². The van der Waals surface area contributed by atoms with Gasteiger partial charge in [-0.3, -0.25) is 0 Å². The van der Waals surface area contributed by atoms with Crippen molar-refractivity contribution in [3.8, 4) is 67.5 Å². The summed E-state index contributed by atoms with van der Waals surface area (Å²) in [6, 6.07) is 70.0. The molecule has 0 fully saturated rings. The topological polar surface area (TPSA) is 51.8 Å². The Morgan fingerprint density at radius 1 is 0.263 bits per heavy atom. The average molecular weight is 728 g/mol. The summed E-state index contributed by atoms with van der Waals surface area (Å²) < 4.78 is 6.36. The van der Waals surface area contributed by atoms with Crippen LogP contribution in [-0.2, 0) is 0 Å². The van der Waals surface area contributed by atoms with E-state index in [1.54, 1.807) is 0 Å². The van der Waals surface area contributed by atoms with Crippen molar-refractivity contribution >= 4 is 43.5 Å². The number of aromatic nitrogens is 3. The molecule has 0 unspecified atom stereocenters. The van der Waals surface area contributed by atoms with Gasteiger partial charge in [-0.1, -0.05) is 170 Å². The van der Waals surface area contributed by atoms with Crippen molar-refractivity contribution < 1.29 is 4.42 Å². The molecule has 0 bridgehead atoms. The first-order chi connectivity index (χ1) is 28.2. The standard InChI is InChI=1S/C53H33N3O/c1-2-9-34(10-3-1)43-28-30-49-48(32-43)46-29-27-44(33-50(46)57-49)37-19-24-40(25-20-37)52-54-51(55-53(56-52)47-16-8-14-38-12-6-7-15-45(38)47)39-22-17-36(18-23-39)42-26-21-35-11-4-5-13-41(35)31-42/h1-33H. The molecule has 4 nitrogen and oxygen atoms in total. The molecule has 57 heavy (non-hydrogen) atoms. The maximum Gasteiger partial charge on any atom is 0.164 e. The highest BCUT2D eigenvalue weighted by atomic mass is 16.3. The summed E-state index contributed by atoms with van der Waals surface area (Å²) >= 11 is 0. The van der Waals surface area contributed by atoms with Gasteiger partial charge in [0.2, 0.25) is 0 Å². The largest absolute Gasteiger partial charge is 0.456 e. The third-order valence-electron chi connectivity index (χ3n) is 10.9. The third-order valence-corrected chi connectivity index (χ3v) is 10.9. The summed E-state index contributed by atoms with van der Waals surface area (Å²) in [5, 5.41) is 6.91. The molecule has 0 spiro atoms. The highest BCUT2D eigenvalue weighted by Gasteiger charge is 2.16. The Bertz CT molecular complexity index is 3270. The molecular formula is C53H33N3O. The van der Waals surface area contributed by atoms with Crippen LogP contribution in [0.15, 0.2) is 205 Å². The van der Waals surface area contributed by atoms with Crippen molar-refractivity contribution in [2.75, 3.05) is 0 Å². The Labute approximate surface area is 329 Å². The van der Waals surface area contributed by atoms with E-state index in [4.69, 9.17) is 19.4 Å². The van der Waals surface area contributed by atoms with Crippen molar-refractivity contribution in [3.63, 3.8) is 0 Å². The van der Waals surface area contributed by atoms with Gasteiger partial charge in [0.25, 0.3) is 0 Å². The van der Waals surface area contributed by atoms with Crippen LogP contribution in [-0.4, -0.2) is 15.0 Å². The lowest BCUT2D eigenvalue weighted by molar-refractivity contribution is 0.669. The zero-order valence-electron chi connectivity index (χ0n) is 30.8. The van der Waals surface area contributed by atoms with Crippen LogP contribution >= 0.6 is 0 Å². The van der Waals surface area contributed by atoms with Gasteiger partial charge in [-0.2, -0.15) is 0 Å². The highest BCUT2D eigenvalue weighted by Crippen LogP contribution is 2.36. The SMILES string of the molecule is c1ccc(-c2ccc3oc4cc(-c5ccc(-c6nc(-c7ccc(-c8ccc9ccccc9c8)cc7)nc(-c7cccc8ccccc78)n6)cc5)ccc4c3c2)cc1. The second-order valence-electron chi connectivity index (χ2n) is 14.4. The second kappa shape index (κ2) is 13.6. The van der Waals surface area contributed by atoms with Crippen LogP contribution in [0.4, 0.5) is 0 Å². The van der Waals surface area contributed by atoms with E-state index in [9.17, 15) is 0 Å². The minimum atomic E-state index is 0.620. The molecule has 0 aliphatic carbocycles. The summed E-state index contributed by atoms with van der Waals surface area (Å²) in [5.74, 6) is 1.89. The molecule has 2 aromatic heterocycles. The van der Waals surface area contributed by atoms with Crippen LogP contribution in [0.1, 0.15) is 0 Å². The summed E-state index contributed by atoms with van der Waals surface area (Å²) in [6.45, 7) is 0. The van der Waals surface area contributed by atoms with E-state index in [0.29, 0.717) is 17.5 Å². The van der Waals surface area contributed by atoms with Gasteiger partial charge in [0.05, 0.1) is 0 Å². The van der Waals surface area contributed by atoms with E-state index in [0.717, 1.165) is 66.1 Å². The first-order valence-corrected chi connectivity index (χ1v) is 19.2. The Balaban J connectivity index is 0.960.